The number of benzene rings is 2. The first-order valence-corrected chi connectivity index (χ1v) is 11.7. The van der Waals surface area contributed by atoms with Crippen LogP contribution < -0.4 is 9.64 Å². The number of allylic oxidation sites excluding steroid dienone is 2. The molecule has 0 radical (unpaired) electrons. The number of carbonyl (C=O) groups is 2. The lowest BCUT2D eigenvalue weighted by molar-refractivity contribution is -0.384. The Morgan fingerprint density at radius 3 is 2.06 bits per heavy atom. The summed E-state index contributed by atoms with van der Waals surface area (Å²) in [6.45, 7) is 6.99. The molecule has 1 aliphatic heterocycles. The van der Waals surface area contributed by atoms with Gasteiger partial charge in [-0.3, -0.25) is 10.1 Å². The first-order chi connectivity index (χ1) is 17.2. The summed E-state index contributed by atoms with van der Waals surface area (Å²) in [7, 11) is 1.50. The van der Waals surface area contributed by atoms with Gasteiger partial charge in [-0.05, 0) is 51.5 Å². The molecule has 0 aromatic heterocycles. The number of carbonyl (C=O) groups excluding carboxylic acids is 2. The van der Waals surface area contributed by atoms with E-state index in [0.29, 0.717) is 33.4 Å². The average molecular weight is 515 g/mol. The van der Waals surface area contributed by atoms with Gasteiger partial charge in [-0.2, -0.15) is 0 Å². The van der Waals surface area contributed by atoms with E-state index in [1.54, 1.807) is 56.9 Å². The largest absolute Gasteiger partial charge is 0.495 e. The fourth-order valence-electron chi connectivity index (χ4n) is 4.34. The van der Waals surface area contributed by atoms with Crippen molar-refractivity contribution in [3.63, 3.8) is 0 Å². The SMILES string of the molecule is CCOC(=O)C1=C(C)N(c2ccc(OC)c(Cl)c2)C(C)=C(C(=O)OCC)C1c1cccc([N+](=O)[O-])c1. The van der Waals surface area contributed by atoms with Gasteiger partial charge in [0, 0.05) is 29.2 Å². The molecule has 10 heteroatoms. The van der Waals surface area contributed by atoms with Crippen LogP contribution in [0.2, 0.25) is 5.02 Å². The summed E-state index contributed by atoms with van der Waals surface area (Å²) in [5, 5.41) is 11.8. The molecule has 0 N–H and O–H groups in total. The molecule has 3 rings (SSSR count). The third kappa shape index (κ3) is 5.06. The van der Waals surface area contributed by atoms with Crippen LogP contribution in [-0.2, 0) is 19.1 Å². The van der Waals surface area contributed by atoms with E-state index in [9.17, 15) is 19.7 Å². The maximum absolute atomic E-state index is 13.3. The minimum absolute atomic E-state index is 0.100. The molecule has 0 bridgehead atoms. The van der Waals surface area contributed by atoms with Crippen molar-refractivity contribution in [3.8, 4) is 5.75 Å². The molecule has 0 fully saturated rings. The van der Waals surface area contributed by atoms with Gasteiger partial charge >= 0.3 is 11.9 Å². The maximum atomic E-state index is 13.3. The van der Waals surface area contributed by atoms with Crippen molar-refractivity contribution in [2.75, 3.05) is 25.2 Å². The number of anilines is 1. The lowest BCUT2D eigenvalue weighted by Gasteiger charge is -2.38. The quantitative estimate of drug-likeness (QED) is 0.257. The number of hydrogen-bond donors (Lipinski definition) is 0. The van der Waals surface area contributed by atoms with Gasteiger partial charge in [-0.1, -0.05) is 23.7 Å². The Labute approximate surface area is 214 Å². The summed E-state index contributed by atoms with van der Waals surface area (Å²) in [5.41, 5.74) is 2.10. The van der Waals surface area contributed by atoms with E-state index in [4.69, 9.17) is 25.8 Å². The standard InChI is InChI=1S/C26H27ClN2O7/c1-6-35-25(30)22-15(3)28(18-11-12-21(34-5)20(27)14-18)16(4)23(26(31)36-7-2)24(22)17-9-8-10-19(13-17)29(32)33/h8-14,24H,6-7H2,1-5H3. The molecule has 1 aliphatic rings. The van der Waals surface area contributed by atoms with Crippen molar-refractivity contribution in [1.82, 2.24) is 0 Å². The van der Waals surface area contributed by atoms with Gasteiger partial charge in [0.25, 0.3) is 5.69 Å². The fraction of sp³-hybridized carbons (Fsp3) is 0.308. The molecule has 0 unspecified atom stereocenters. The second-order valence-corrected chi connectivity index (χ2v) is 8.29. The average Bonchev–Trinajstić information content (AvgIpc) is 2.84. The van der Waals surface area contributed by atoms with Crippen LogP contribution in [0.1, 0.15) is 39.2 Å². The molecule has 36 heavy (non-hydrogen) atoms. The highest BCUT2D eigenvalue weighted by atomic mass is 35.5. The second kappa shape index (κ2) is 11.3. The van der Waals surface area contributed by atoms with Gasteiger partial charge in [0.15, 0.2) is 0 Å². The van der Waals surface area contributed by atoms with Crippen LogP contribution in [0.3, 0.4) is 0 Å². The summed E-state index contributed by atoms with van der Waals surface area (Å²) < 4.78 is 16.0. The second-order valence-electron chi connectivity index (χ2n) is 7.88. The third-order valence-electron chi connectivity index (χ3n) is 5.83. The molecule has 0 saturated carbocycles. The zero-order chi connectivity index (χ0) is 26.6. The molecule has 9 nitrogen and oxygen atoms in total. The summed E-state index contributed by atoms with van der Waals surface area (Å²) in [5.74, 6) is -1.78. The van der Waals surface area contributed by atoms with E-state index in [2.05, 4.69) is 0 Å². The number of nitro benzene ring substituents is 1. The number of nitro groups is 1. The van der Waals surface area contributed by atoms with Crippen LogP contribution in [-0.4, -0.2) is 37.2 Å². The van der Waals surface area contributed by atoms with Crippen molar-refractivity contribution in [2.45, 2.75) is 33.6 Å². The van der Waals surface area contributed by atoms with Crippen LogP contribution in [0.25, 0.3) is 0 Å². The molecule has 0 aliphatic carbocycles. The molecule has 0 saturated heterocycles. The lowest BCUT2D eigenvalue weighted by Crippen LogP contribution is -2.35. The summed E-state index contributed by atoms with van der Waals surface area (Å²) in [4.78, 5) is 39.3. The molecular formula is C26H27ClN2O7. The highest BCUT2D eigenvalue weighted by molar-refractivity contribution is 6.32. The first-order valence-electron chi connectivity index (χ1n) is 11.3. The van der Waals surface area contributed by atoms with Gasteiger partial charge in [0.1, 0.15) is 5.75 Å². The molecule has 0 spiro atoms. The molecule has 190 valence electrons. The van der Waals surface area contributed by atoms with Gasteiger partial charge in [-0.25, -0.2) is 9.59 Å². The van der Waals surface area contributed by atoms with E-state index in [0.717, 1.165) is 0 Å². The number of non-ortho nitro benzene ring substituents is 1. The van der Waals surface area contributed by atoms with Crippen LogP contribution in [0, 0.1) is 10.1 Å². The first kappa shape index (κ1) is 26.7. The highest BCUT2D eigenvalue weighted by Gasteiger charge is 2.41. The van der Waals surface area contributed by atoms with Crippen molar-refractivity contribution in [2.24, 2.45) is 0 Å². The predicted molar refractivity (Wildman–Crippen MR) is 135 cm³/mol. The van der Waals surface area contributed by atoms with Crippen molar-refractivity contribution < 1.29 is 28.7 Å². The number of methoxy groups -OCH3 is 1. The molecule has 0 atom stereocenters. The lowest BCUT2D eigenvalue weighted by atomic mass is 9.79. The Hall–Kier alpha value is -3.85. The normalized spacial score (nSPS) is 14.1. The van der Waals surface area contributed by atoms with Crippen LogP contribution in [0.15, 0.2) is 65.0 Å². The Bertz CT molecular complexity index is 1230. The number of esters is 2. The highest BCUT2D eigenvalue weighted by Crippen LogP contribution is 2.46. The number of rotatable bonds is 8. The molecule has 2 aromatic rings. The number of nitrogens with zero attached hydrogens (tertiary/aromatic N) is 2. The Morgan fingerprint density at radius 1 is 1.00 bits per heavy atom. The minimum atomic E-state index is -0.951. The molecule has 1 heterocycles. The summed E-state index contributed by atoms with van der Waals surface area (Å²) in [6.07, 6.45) is 0. The Morgan fingerprint density at radius 2 is 1.58 bits per heavy atom. The van der Waals surface area contributed by atoms with Gasteiger partial charge in [0.2, 0.25) is 0 Å². The van der Waals surface area contributed by atoms with Crippen LogP contribution in [0.4, 0.5) is 11.4 Å². The van der Waals surface area contributed by atoms with E-state index in [1.165, 1.54) is 25.3 Å². The van der Waals surface area contributed by atoms with Gasteiger partial charge < -0.3 is 19.1 Å². The number of hydrogen-bond acceptors (Lipinski definition) is 8. The summed E-state index contributed by atoms with van der Waals surface area (Å²) in [6, 6.07) is 10.9. The number of ether oxygens (including phenoxy) is 3. The van der Waals surface area contributed by atoms with E-state index in [1.807, 2.05) is 0 Å². The minimum Gasteiger partial charge on any atom is -0.495 e. The molecular weight excluding hydrogens is 488 g/mol. The third-order valence-corrected chi connectivity index (χ3v) is 6.12. The fourth-order valence-corrected chi connectivity index (χ4v) is 4.59. The predicted octanol–water partition coefficient (Wildman–Crippen LogP) is 5.53. The zero-order valence-electron chi connectivity index (χ0n) is 20.7. The summed E-state index contributed by atoms with van der Waals surface area (Å²) >= 11 is 6.38. The van der Waals surface area contributed by atoms with Crippen molar-refractivity contribution in [3.05, 3.63) is 85.7 Å². The number of halogens is 1. The molecule has 2 aromatic carbocycles. The van der Waals surface area contributed by atoms with Crippen LogP contribution in [0.5, 0.6) is 5.75 Å². The van der Waals surface area contributed by atoms with Gasteiger partial charge in [-0.15, -0.1) is 0 Å². The van der Waals surface area contributed by atoms with Crippen molar-refractivity contribution >= 4 is 34.9 Å². The maximum Gasteiger partial charge on any atom is 0.336 e. The Kier molecular flexibility index (Phi) is 8.37. The molecule has 0 amide bonds. The Balaban J connectivity index is 2.35. The van der Waals surface area contributed by atoms with E-state index >= 15 is 0 Å². The van der Waals surface area contributed by atoms with E-state index in [-0.39, 0.29) is 30.0 Å². The van der Waals surface area contributed by atoms with Crippen molar-refractivity contribution in [1.29, 1.82) is 0 Å². The zero-order valence-corrected chi connectivity index (χ0v) is 21.4. The monoisotopic (exact) mass is 514 g/mol. The van der Waals surface area contributed by atoms with Gasteiger partial charge in [0.05, 0.1) is 47.3 Å². The van der Waals surface area contributed by atoms with E-state index < -0.39 is 22.8 Å². The topological polar surface area (TPSA) is 108 Å². The smallest absolute Gasteiger partial charge is 0.336 e. The van der Waals surface area contributed by atoms with Crippen LogP contribution >= 0.6 is 11.6 Å².